The Labute approximate surface area is 273 Å². The van der Waals surface area contributed by atoms with Crippen LogP contribution in [0.3, 0.4) is 0 Å². The average molecular weight is 654 g/mol. The lowest BCUT2D eigenvalue weighted by molar-refractivity contribution is -0.249. The number of Topliss-reactive ketones (excluding diaryl/α,β-unsaturated/α-hetero) is 1. The van der Waals surface area contributed by atoms with Crippen molar-refractivity contribution in [1.82, 2.24) is 5.32 Å². The van der Waals surface area contributed by atoms with Crippen molar-refractivity contribution in [3.8, 4) is 17.2 Å². The summed E-state index contributed by atoms with van der Waals surface area (Å²) < 4.78 is 17.5. The molecule has 12 heteroatoms. The number of methoxy groups -OCH3 is 1. The van der Waals surface area contributed by atoms with Gasteiger partial charge in [0.25, 0.3) is 0 Å². The van der Waals surface area contributed by atoms with Crippen LogP contribution in [0.1, 0.15) is 121 Å². The van der Waals surface area contributed by atoms with Gasteiger partial charge in [0.1, 0.15) is 29.0 Å². The highest BCUT2D eigenvalue weighted by atomic mass is 16.7. The van der Waals surface area contributed by atoms with Crippen LogP contribution < -0.4 is 10.1 Å². The third-order valence-electron chi connectivity index (χ3n) is 9.61. The minimum Gasteiger partial charge on any atom is -0.507 e. The second-order valence-electron chi connectivity index (χ2n) is 12.8. The topological polar surface area (TPSA) is 189 Å². The Bertz CT molecular complexity index is 1590. The Morgan fingerprint density at radius 3 is 2.43 bits per heavy atom. The van der Waals surface area contributed by atoms with E-state index in [-0.39, 0.29) is 46.8 Å². The van der Waals surface area contributed by atoms with Crippen LogP contribution in [-0.4, -0.2) is 80.9 Å². The SMILES string of the molecule is CCCCCCCC(=O)N[C@H]1C[C@H](OC2C[C@](O)(C(C)=O)Cc3c(O)c4c(c(O)c32)C(=O)c2c(OC)cccc2C4=O)O[C@@H](C)[C@H]1O. The predicted molar refractivity (Wildman–Crippen MR) is 168 cm³/mol. The van der Waals surface area contributed by atoms with Gasteiger partial charge < -0.3 is 40.0 Å². The summed E-state index contributed by atoms with van der Waals surface area (Å²) in [6, 6.07) is 3.69. The van der Waals surface area contributed by atoms with Crippen molar-refractivity contribution in [3.05, 3.63) is 51.6 Å². The summed E-state index contributed by atoms with van der Waals surface area (Å²) in [5.74, 6) is -3.51. The van der Waals surface area contributed by atoms with Gasteiger partial charge in [-0.25, -0.2) is 0 Å². The van der Waals surface area contributed by atoms with Crippen LogP contribution in [0.4, 0.5) is 0 Å². The number of phenols is 2. The number of nitrogens with one attached hydrogen (secondary N) is 1. The Morgan fingerprint density at radius 2 is 1.74 bits per heavy atom. The van der Waals surface area contributed by atoms with Crippen LogP contribution in [0, 0.1) is 0 Å². The maximum Gasteiger partial charge on any atom is 0.220 e. The van der Waals surface area contributed by atoms with Gasteiger partial charge in [-0.15, -0.1) is 0 Å². The van der Waals surface area contributed by atoms with Crippen LogP contribution >= 0.6 is 0 Å². The van der Waals surface area contributed by atoms with E-state index in [1.807, 2.05) is 0 Å². The van der Waals surface area contributed by atoms with Crippen LogP contribution in [0.15, 0.2) is 18.2 Å². The van der Waals surface area contributed by atoms with E-state index in [1.165, 1.54) is 32.2 Å². The van der Waals surface area contributed by atoms with Gasteiger partial charge in [-0.3, -0.25) is 19.2 Å². The van der Waals surface area contributed by atoms with Crippen molar-refractivity contribution in [2.24, 2.45) is 0 Å². The molecule has 2 aromatic rings. The lowest BCUT2D eigenvalue weighted by Gasteiger charge is -2.42. The number of rotatable bonds is 11. The number of fused-ring (bicyclic) bond motifs is 3. The van der Waals surface area contributed by atoms with Crippen LogP contribution in [0.25, 0.3) is 0 Å². The van der Waals surface area contributed by atoms with Gasteiger partial charge in [-0.1, -0.05) is 44.7 Å². The molecule has 254 valence electrons. The lowest BCUT2D eigenvalue weighted by atomic mass is 9.72. The quantitative estimate of drug-likeness (QED) is 0.150. The van der Waals surface area contributed by atoms with Crippen molar-refractivity contribution < 1.29 is 53.8 Å². The molecule has 2 aliphatic carbocycles. The predicted octanol–water partition coefficient (Wildman–Crippen LogP) is 3.55. The molecule has 1 fully saturated rings. The zero-order chi connectivity index (χ0) is 34.2. The van der Waals surface area contributed by atoms with Gasteiger partial charge in [0.15, 0.2) is 17.9 Å². The Kier molecular flexibility index (Phi) is 10.1. The molecular formula is C35H43NO11. The first kappa shape index (κ1) is 34.5. The monoisotopic (exact) mass is 653 g/mol. The van der Waals surface area contributed by atoms with Crippen LogP contribution in [0.2, 0.25) is 0 Å². The number of hydrogen-bond donors (Lipinski definition) is 5. The smallest absolute Gasteiger partial charge is 0.220 e. The van der Waals surface area contributed by atoms with E-state index in [0.29, 0.717) is 12.8 Å². The van der Waals surface area contributed by atoms with E-state index in [9.17, 15) is 39.6 Å². The molecule has 12 nitrogen and oxygen atoms in total. The molecule has 47 heavy (non-hydrogen) atoms. The third kappa shape index (κ3) is 6.39. The first-order chi connectivity index (χ1) is 22.3. The molecule has 6 atom stereocenters. The summed E-state index contributed by atoms with van der Waals surface area (Å²) in [6.07, 6.45) is 0.126. The number of ether oxygens (including phenoxy) is 3. The minimum absolute atomic E-state index is 0.00289. The molecular weight excluding hydrogens is 610 g/mol. The molecule has 1 aliphatic heterocycles. The standard InChI is InChI=1S/C35H43NO11/c1-5-6-7-8-9-13-24(38)36-21-14-25(46-17(2)30(21)39)47-23-16-35(44,18(3)37)15-20-27(23)34(43)29-28(32(20)41)31(40)19-11-10-12-22(45-4)26(19)33(29)42/h10-12,17,21,23,25,30,39,41,43-44H,5-9,13-16H2,1-4H3,(H,36,38)/t17-,21-,23?,25-,30+,35-/m0/s1. The van der Waals surface area contributed by atoms with E-state index >= 15 is 0 Å². The number of carbonyl (C=O) groups excluding carboxylic acids is 4. The zero-order valence-electron chi connectivity index (χ0n) is 27.1. The molecule has 3 aliphatic rings. The van der Waals surface area contributed by atoms with E-state index < -0.39 is 82.6 Å². The van der Waals surface area contributed by atoms with E-state index in [1.54, 1.807) is 6.92 Å². The number of amides is 1. The van der Waals surface area contributed by atoms with Gasteiger partial charge in [0.2, 0.25) is 11.7 Å². The maximum atomic E-state index is 13.8. The number of aliphatic hydroxyl groups excluding tert-OH is 1. The fourth-order valence-corrected chi connectivity index (χ4v) is 6.94. The molecule has 0 saturated carbocycles. The van der Waals surface area contributed by atoms with Crippen molar-refractivity contribution in [2.75, 3.05) is 7.11 Å². The molecule has 1 unspecified atom stereocenters. The molecule has 5 N–H and O–H groups in total. The third-order valence-corrected chi connectivity index (χ3v) is 9.61. The van der Waals surface area contributed by atoms with Gasteiger partial charge in [0, 0.05) is 42.4 Å². The largest absolute Gasteiger partial charge is 0.507 e. The first-order valence-electron chi connectivity index (χ1n) is 16.2. The highest BCUT2D eigenvalue weighted by Crippen LogP contribution is 2.52. The molecule has 5 rings (SSSR count). The minimum atomic E-state index is -2.05. The second kappa shape index (κ2) is 13.7. The number of aromatic hydroxyl groups is 2. The number of hydrogen-bond acceptors (Lipinski definition) is 11. The summed E-state index contributed by atoms with van der Waals surface area (Å²) in [5.41, 5.74) is -3.22. The Morgan fingerprint density at radius 1 is 1.04 bits per heavy atom. The number of aliphatic hydroxyl groups is 2. The fourth-order valence-electron chi connectivity index (χ4n) is 6.94. The number of unbranched alkanes of at least 4 members (excludes halogenated alkanes) is 4. The highest BCUT2D eigenvalue weighted by molar-refractivity contribution is 6.31. The van der Waals surface area contributed by atoms with E-state index in [4.69, 9.17) is 14.2 Å². The summed E-state index contributed by atoms with van der Waals surface area (Å²) in [4.78, 5) is 52.9. The highest BCUT2D eigenvalue weighted by Gasteiger charge is 2.49. The summed E-state index contributed by atoms with van der Waals surface area (Å²) in [6.45, 7) is 4.90. The first-order valence-corrected chi connectivity index (χ1v) is 16.2. The summed E-state index contributed by atoms with van der Waals surface area (Å²) in [5, 5.41) is 48.3. The second-order valence-corrected chi connectivity index (χ2v) is 12.8. The number of carbonyl (C=O) groups is 4. The number of ketones is 3. The summed E-state index contributed by atoms with van der Waals surface area (Å²) >= 11 is 0. The Balaban J connectivity index is 1.48. The van der Waals surface area contributed by atoms with Crippen LogP contribution in [0.5, 0.6) is 17.2 Å². The molecule has 0 bridgehead atoms. The van der Waals surface area contributed by atoms with Gasteiger partial charge >= 0.3 is 0 Å². The van der Waals surface area contributed by atoms with Crippen molar-refractivity contribution in [2.45, 2.75) is 115 Å². The van der Waals surface area contributed by atoms with E-state index in [2.05, 4.69) is 12.2 Å². The molecule has 0 spiro atoms. The molecule has 1 saturated heterocycles. The fraction of sp³-hybridized carbons (Fsp3) is 0.543. The maximum absolute atomic E-state index is 13.8. The van der Waals surface area contributed by atoms with Crippen molar-refractivity contribution in [1.29, 1.82) is 0 Å². The molecule has 2 aromatic carbocycles. The van der Waals surface area contributed by atoms with Crippen LogP contribution in [-0.2, 0) is 25.5 Å². The Hall–Kier alpha value is -3.84. The average Bonchev–Trinajstić information content (AvgIpc) is 3.03. The molecule has 1 amide bonds. The van der Waals surface area contributed by atoms with Crippen molar-refractivity contribution >= 4 is 23.3 Å². The lowest BCUT2D eigenvalue weighted by Crippen LogP contribution is -2.55. The molecule has 1 heterocycles. The zero-order valence-corrected chi connectivity index (χ0v) is 27.1. The summed E-state index contributed by atoms with van der Waals surface area (Å²) in [7, 11) is 1.34. The van der Waals surface area contributed by atoms with Crippen molar-refractivity contribution in [3.63, 3.8) is 0 Å². The van der Waals surface area contributed by atoms with E-state index in [0.717, 1.165) is 25.7 Å². The molecule has 0 radical (unpaired) electrons. The number of phenolic OH excluding ortho intramolecular Hbond substituents is 2. The van der Waals surface area contributed by atoms with Gasteiger partial charge in [-0.05, 0) is 26.3 Å². The normalized spacial score (nSPS) is 26.6. The molecule has 0 aromatic heterocycles. The van der Waals surface area contributed by atoms with Gasteiger partial charge in [0.05, 0.1) is 42.0 Å². The van der Waals surface area contributed by atoms with Gasteiger partial charge in [-0.2, -0.15) is 0 Å². The number of benzene rings is 2.